The standard InChI is InChI=1S/C9H10O4/c1-4-7(11-10)5(2)9-6(3)8(4)12-13-9/h10H,1-3H3. The maximum absolute atomic E-state index is 8.66. The van der Waals surface area contributed by atoms with Crippen LogP contribution in [0.1, 0.15) is 16.7 Å². The highest BCUT2D eigenvalue weighted by atomic mass is 17.2. The molecule has 1 aliphatic heterocycles. The summed E-state index contributed by atoms with van der Waals surface area (Å²) in [5.41, 5.74) is 2.44. The summed E-state index contributed by atoms with van der Waals surface area (Å²) in [6.45, 7) is 5.51. The lowest BCUT2D eigenvalue weighted by atomic mass is 10.0. The number of rotatable bonds is 1. The van der Waals surface area contributed by atoms with E-state index in [2.05, 4.69) is 4.89 Å². The van der Waals surface area contributed by atoms with Gasteiger partial charge in [-0.3, -0.25) is 9.78 Å². The molecule has 0 atom stereocenters. The first kappa shape index (κ1) is 8.19. The highest BCUT2D eigenvalue weighted by Crippen LogP contribution is 2.46. The molecule has 1 aliphatic rings. The minimum absolute atomic E-state index is 0.410. The van der Waals surface area contributed by atoms with Gasteiger partial charge in [0.05, 0.1) is 0 Å². The second-order valence-electron chi connectivity index (χ2n) is 3.12. The lowest BCUT2D eigenvalue weighted by molar-refractivity contribution is -0.138. The molecule has 0 saturated carbocycles. The molecule has 0 spiro atoms. The molecule has 1 aromatic carbocycles. The van der Waals surface area contributed by atoms with Crippen LogP contribution in [0.5, 0.6) is 17.2 Å². The quantitative estimate of drug-likeness (QED) is 0.534. The van der Waals surface area contributed by atoms with Gasteiger partial charge in [-0.05, 0) is 20.8 Å². The van der Waals surface area contributed by atoms with Crippen LogP contribution in [-0.2, 0) is 0 Å². The van der Waals surface area contributed by atoms with Crippen LogP contribution in [-0.4, -0.2) is 5.26 Å². The molecule has 2 bridgehead atoms. The Labute approximate surface area is 75.5 Å². The second kappa shape index (κ2) is 2.53. The van der Waals surface area contributed by atoms with Crippen molar-refractivity contribution in [1.82, 2.24) is 0 Å². The van der Waals surface area contributed by atoms with E-state index in [9.17, 15) is 0 Å². The van der Waals surface area contributed by atoms with E-state index in [4.69, 9.17) is 15.0 Å². The van der Waals surface area contributed by atoms with Crippen molar-refractivity contribution in [3.63, 3.8) is 0 Å². The molecule has 0 aliphatic carbocycles. The van der Waals surface area contributed by atoms with E-state index < -0.39 is 0 Å². The van der Waals surface area contributed by atoms with Gasteiger partial charge in [-0.2, -0.15) is 0 Å². The summed E-state index contributed by atoms with van der Waals surface area (Å²) in [6, 6.07) is 0. The first-order chi connectivity index (χ1) is 6.16. The Kier molecular flexibility index (Phi) is 1.60. The number of fused-ring (bicyclic) bond motifs is 2. The Hall–Kier alpha value is -1.42. The van der Waals surface area contributed by atoms with Crippen molar-refractivity contribution >= 4 is 0 Å². The molecule has 1 N–H and O–H groups in total. The fraction of sp³-hybridized carbons (Fsp3) is 0.333. The van der Waals surface area contributed by atoms with Crippen molar-refractivity contribution in [2.75, 3.05) is 0 Å². The molecule has 1 aromatic rings. The molecule has 2 rings (SSSR count). The summed E-state index contributed by atoms with van der Waals surface area (Å²) < 4.78 is 0. The minimum atomic E-state index is 0.410. The van der Waals surface area contributed by atoms with E-state index in [1.54, 1.807) is 13.8 Å². The molecular weight excluding hydrogens is 172 g/mol. The van der Waals surface area contributed by atoms with Crippen molar-refractivity contribution in [3.8, 4) is 17.2 Å². The molecule has 0 saturated heterocycles. The Morgan fingerprint density at radius 1 is 0.923 bits per heavy atom. The second-order valence-corrected chi connectivity index (χ2v) is 3.12. The predicted octanol–water partition coefficient (Wildman–Crippen LogP) is 2.15. The summed E-state index contributed by atoms with van der Waals surface area (Å²) in [4.78, 5) is 14.2. The van der Waals surface area contributed by atoms with Crippen LogP contribution < -0.4 is 14.7 Å². The molecule has 70 valence electrons. The molecular formula is C9H10O4. The highest BCUT2D eigenvalue weighted by Gasteiger charge is 2.27. The predicted molar refractivity (Wildman–Crippen MR) is 45.2 cm³/mol. The van der Waals surface area contributed by atoms with Crippen LogP contribution in [0.3, 0.4) is 0 Å². The first-order valence-electron chi connectivity index (χ1n) is 3.96. The summed E-state index contributed by atoms with van der Waals surface area (Å²) in [5.74, 6) is 1.67. The molecule has 0 radical (unpaired) electrons. The number of hydrogen-bond donors (Lipinski definition) is 1. The van der Waals surface area contributed by atoms with Crippen LogP contribution in [0, 0.1) is 20.8 Å². The van der Waals surface area contributed by atoms with Gasteiger partial charge in [-0.25, -0.2) is 5.26 Å². The van der Waals surface area contributed by atoms with Crippen molar-refractivity contribution in [1.29, 1.82) is 0 Å². The van der Waals surface area contributed by atoms with Crippen LogP contribution >= 0.6 is 0 Å². The third-order valence-electron chi connectivity index (χ3n) is 2.34. The molecule has 4 heteroatoms. The largest absolute Gasteiger partial charge is 0.339 e. The number of benzene rings is 1. The zero-order chi connectivity index (χ0) is 9.59. The van der Waals surface area contributed by atoms with Gasteiger partial charge in [0.2, 0.25) is 0 Å². The Bertz CT molecular complexity index is 339. The smallest absolute Gasteiger partial charge is 0.192 e. The van der Waals surface area contributed by atoms with Crippen molar-refractivity contribution in [3.05, 3.63) is 16.7 Å². The Morgan fingerprint density at radius 2 is 1.38 bits per heavy atom. The topological polar surface area (TPSA) is 47.9 Å². The normalized spacial score (nSPS) is 12.3. The van der Waals surface area contributed by atoms with E-state index in [0.717, 1.165) is 16.7 Å². The fourth-order valence-electron chi connectivity index (χ4n) is 1.62. The van der Waals surface area contributed by atoms with Crippen LogP contribution in [0.25, 0.3) is 0 Å². The van der Waals surface area contributed by atoms with Crippen molar-refractivity contribution in [2.45, 2.75) is 20.8 Å². The molecule has 0 amide bonds. The van der Waals surface area contributed by atoms with Crippen LogP contribution in [0.15, 0.2) is 0 Å². The van der Waals surface area contributed by atoms with E-state index in [1.165, 1.54) is 0 Å². The van der Waals surface area contributed by atoms with Gasteiger partial charge in [-0.1, -0.05) is 0 Å². The van der Waals surface area contributed by atoms with E-state index in [-0.39, 0.29) is 0 Å². The lowest BCUT2D eigenvalue weighted by Gasteiger charge is -2.05. The van der Waals surface area contributed by atoms with Gasteiger partial charge in [0, 0.05) is 16.7 Å². The van der Waals surface area contributed by atoms with E-state index in [1.807, 2.05) is 6.92 Å². The van der Waals surface area contributed by atoms with Gasteiger partial charge in [-0.15, -0.1) is 0 Å². The lowest BCUT2D eigenvalue weighted by Crippen LogP contribution is -1.92. The van der Waals surface area contributed by atoms with Crippen molar-refractivity contribution in [2.24, 2.45) is 0 Å². The van der Waals surface area contributed by atoms with Crippen LogP contribution in [0.4, 0.5) is 0 Å². The molecule has 0 aromatic heterocycles. The van der Waals surface area contributed by atoms with Gasteiger partial charge < -0.3 is 4.89 Å². The molecule has 1 heterocycles. The fourth-order valence-corrected chi connectivity index (χ4v) is 1.62. The van der Waals surface area contributed by atoms with E-state index >= 15 is 0 Å². The molecule has 0 fully saturated rings. The molecule has 13 heavy (non-hydrogen) atoms. The van der Waals surface area contributed by atoms with Crippen LogP contribution in [0.2, 0.25) is 0 Å². The van der Waals surface area contributed by atoms with E-state index in [0.29, 0.717) is 17.2 Å². The maximum atomic E-state index is 8.66. The highest BCUT2D eigenvalue weighted by molar-refractivity contribution is 5.62. The van der Waals surface area contributed by atoms with Crippen molar-refractivity contribution < 1.29 is 19.9 Å². The summed E-state index contributed by atoms with van der Waals surface area (Å²) in [6.07, 6.45) is 0. The summed E-state index contributed by atoms with van der Waals surface area (Å²) >= 11 is 0. The zero-order valence-electron chi connectivity index (χ0n) is 7.67. The summed E-state index contributed by atoms with van der Waals surface area (Å²) in [5, 5.41) is 8.66. The average Bonchev–Trinajstić information content (AvgIpc) is 2.41. The monoisotopic (exact) mass is 182 g/mol. The van der Waals surface area contributed by atoms with Gasteiger partial charge >= 0.3 is 0 Å². The average molecular weight is 182 g/mol. The van der Waals surface area contributed by atoms with Gasteiger partial charge in [0.15, 0.2) is 17.2 Å². The Balaban J connectivity index is 2.76. The third-order valence-corrected chi connectivity index (χ3v) is 2.34. The number of hydrogen-bond acceptors (Lipinski definition) is 4. The van der Waals surface area contributed by atoms with Gasteiger partial charge in [0.25, 0.3) is 0 Å². The zero-order valence-corrected chi connectivity index (χ0v) is 7.67. The van der Waals surface area contributed by atoms with Gasteiger partial charge in [0.1, 0.15) is 0 Å². The molecule has 0 unspecified atom stereocenters. The SMILES string of the molecule is Cc1c(OO)c(C)c2c(C)c1OO2. The maximum Gasteiger partial charge on any atom is 0.192 e. The molecule has 4 nitrogen and oxygen atoms in total. The third kappa shape index (κ3) is 0.890. The minimum Gasteiger partial charge on any atom is -0.339 e. The summed E-state index contributed by atoms with van der Waals surface area (Å²) in [7, 11) is 0. The first-order valence-corrected chi connectivity index (χ1v) is 3.96. The Morgan fingerprint density at radius 3 is 1.77 bits per heavy atom.